The second kappa shape index (κ2) is 6.68. The number of carbonyl (C=O) groups is 1. The normalized spacial score (nSPS) is 19.6. The minimum Gasteiger partial charge on any atom is -0.394 e. The van der Waals surface area contributed by atoms with E-state index >= 15 is 0 Å². The lowest BCUT2D eigenvalue weighted by Crippen LogP contribution is -2.45. The highest BCUT2D eigenvalue weighted by Crippen LogP contribution is 2.31. The number of pyridine rings is 1. The number of aromatic nitrogens is 1. The van der Waals surface area contributed by atoms with E-state index in [2.05, 4.69) is 10.3 Å². The third-order valence-electron chi connectivity index (χ3n) is 4.16. The minimum absolute atomic E-state index is 0.296. The van der Waals surface area contributed by atoms with Gasteiger partial charge in [0.25, 0.3) is 5.92 Å². The van der Waals surface area contributed by atoms with Gasteiger partial charge >= 0.3 is 6.03 Å². The lowest BCUT2D eigenvalue weighted by Gasteiger charge is -2.22. The maximum absolute atomic E-state index is 13.4. The number of benzene rings is 1. The average Bonchev–Trinajstić information content (AvgIpc) is 2.89. The first kappa shape index (κ1) is 16.6. The van der Waals surface area contributed by atoms with Crippen LogP contribution in [0.15, 0.2) is 36.4 Å². The summed E-state index contributed by atoms with van der Waals surface area (Å²) in [6.45, 7) is -0.822. The Morgan fingerprint density at radius 2 is 2.12 bits per heavy atom. The van der Waals surface area contributed by atoms with Crippen LogP contribution in [-0.4, -0.2) is 52.7 Å². The number of aliphatic hydroxyl groups excluding tert-OH is 1. The highest BCUT2D eigenvalue weighted by molar-refractivity contribution is 5.78. The second-order valence-electron chi connectivity index (χ2n) is 6.00. The van der Waals surface area contributed by atoms with Crippen LogP contribution in [0.4, 0.5) is 13.6 Å². The van der Waals surface area contributed by atoms with E-state index in [0.29, 0.717) is 13.0 Å². The predicted octanol–water partition coefficient (Wildman–Crippen LogP) is 2.19. The summed E-state index contributed by atoms with van der Waals surface area (Å²) in [7, 11) is 0. The van der Waals surface area contributed by atoms with Crippen molar-refractivity contribution in [3.05, 3.63) is 42.1 Å². The minimum atomic E-state index is -2.94. The van der Waals surface area contributed by atoms with Gasteiger partial charge in [-0.3, -0.25) is 4.98 Å². The fourth-order valence-corrected chi connectivity index (χ4v) is 2.95. The van der Waals surface area contributed by atoms with Crippen molar-refractivity contribution in [1.29, 1.82) is 0 Å². The predicted molar refractivity (Wildman–Crippen MR) is 86.0 cm³/mol. The van der Waals surface area contributed by atoms with Crippen molar-refractivity contribution in [1.82, 2.24) is 15.2 Å². The van der Waals surface area contributed by atoms with Crippen molar-refractivity contribution in [3.63, 3.8) is 0 Å². The molecule has 1 aliphatic heterocycles. The summed E-state index contributed by atoms with van der Waals surface area (Å²) in [4.78, 5) is 17.6. The van der Waals surface area contributed by atoms with E-state index < -0.39 is 37.6 Å². The van der Waals surface area contributed by atoms with Crippen LogP contribution < -0.4 is 5.32 Å². The Morgan fingerprint density at radius 3 is 2.92 bits per heavy atom. The first-order valence-electron chi connectivity index (χ1n) is 7.86. The molecule has 0 bridgehead atoms. The van der Waals surface area contributed by atoms with Crippen LogP contribution in [0.5, 0.6) is 0 Å². The molecule has 0 saturated carbocycles. The van der Waals surface area contributed by atoms with E-state index in [0.717, 1.165) is 21.5 Å². The molecule has 0 radical (unpaired) electrons. The Hall–Kier alpha value is -2.28. The SMILES string of the molecule is O=C(NCCc1ccc2ccccc2n1)N1CC(F)(F)CC1CO. The van der Waals surface area contributed by atoms with E-state index in [1.165, 1.54) is 0 Å². The monoisotopic (exact) mass is 335 g/mol. The summed E-state index contributed by atoms with van der Waals surface area (Å²) in [6.07, 6.45) is 0.00769. The van der Waals surface area contributed by atoms with Crippen molar-refractivity contribution in [2.24, 2.45) is 0 Å². The molecule has 2 heterocycles. The lowest BCUT2D eigenvalue weighted by molar-refractivity contribution is 0.0141. The first-order chi connectivity index (χ1) is 11.5. The van der Waals surface area contributed by atoms with E-state index in [4.69, 9.17) is 5.11 Å². The van der Waals surface area contributed by atoms with Gasteiger partial charge in [0, 0.05) is 30.5 Å². The molecular formula is C17H19F2N3O2. The molecule has 1 atom stereocenters. The Bertz CT molecular complexity index is 739. The molecular weight excluding hydrogens is 316 g/mol. The molecule has 1 unspecified atom stereocenters. The molecule has 1 aromatic carbocycles. The molecule has 1 aromatic heterocycles. The number of likely N-dealkylation sites (tertiary alicyclic amines) is 1. The number of halogens is 2. The summed E-state index contributed by atoms with van der Waals surface area (Å²) in [5.41, 5.74) is 1.69. The topological polar surface area (TPSA) is 65.5 Å². The van der Waals surface area contributed by atoms with Crippen molar-refractivity contribution in [2.75, 3.05) is 19.7 Å². The van der Waals surface area contributed by atoms with E-state index in [1.807, 2.05) is 36.4 Å². The van der Waals surface area contributed by atoms with Crippen molar-refractivity contribution < 1.29 is 18.7 Å². The molecule has 3 rings (SSSR count). The average molecular weight is 335 g/mol. The molecule has 1 aliphatic rings. The van der Waals surface area contributed by atoms with Gasteiger partial charge in [-0.1, -0.05) is 24.3 Å². The van der Waals surface area contributed by atoms with Gasteiger partial charge in [-0.05, 0) is 12.1 Å². The standard InChI is InChI=1S/C17H19F2N3O2/c18-17(19)9-14(10-23)22(11-17)16(24)20-8-7-13-6-5-12-3-1-2-4-15(12)21-13/h1-6,14,23H,7-11H2,(H,20,24). The lowest BCUT2D eigenvalue weighted by atomic mass is 10.2. The van der Waals surface area contributed by atoms with Crippen LogP contribution >= 0.6 is 0 Å². The highest BCUT2D eigenvalue weighted by Gasteiger charge is 2.46. The number of hydrogen-bond donors (Lipinski definition) is 2. The molecule has 2 amide bonds. The first-order valence-corrected chi connectivity index (χ1v) is 7.86. The second-order valence-corrected chi connectivity index (χ2v) is 6.00. The maximum atomic E-state index is 13.4. The summed E-state index contributed by atoms with van der Waals surface area (Å²) in [5, 5.41) is 12.8. The van der Waals surface area contributed by atoms with Gasteiger partial charge in [0.1, 0.15) is 0 Å². The molecule has 0 aliphatic carbocycles. The number of aliphatic hydroxyl groups is 1. The molecule has 0 spiro atoms. The van der Waals surface area contributed by atoms with Gasteiger partial charge in [-0.25, -0.2) is 13.6 Å². The maximum Gasteiger partial charge on any atom is 0.317 e. The van der Waals surface area contributed by atoms with Crippen LogP contribution in [-0.2, 0) is 6.42 Å². The number of carbonyl (C=O) groups excluding carboxylic acids is 1. The number of nitrogens with zero attached hydrogens (tertiary/aromatic N) is 2. The quantitative estimate of drug-likeness (QED) is 0.900. The van der Waals surface area contributed by atoms with Crippen molar-refractivity contribution in [3.8, 4) is 0 Å². The van der Waals surface area contributed by atoms with E-state index in [9.17, 15) is 13.6 Å². The molecule has 2 aromatic rings. The third kappa shape index (κ3) is 3.62. The number of para-hydroxylation sites is 1. The number of alkyl halides is 2. The van der Waals surface area contributed by atoms with Gasteiger partial charge in [0.2, 0.25) is 0 Å². The summed E-state index contributed by atoms with van der Waals surface area (Å²) in [5.74, 6) is -2.94. The van der Waals surface area contributed by atoms with Crippen LogP contribution in [0.1, 0.15) is 12.1 Å². The molecule has 2 N–H and O–H groups in total. The highest BCUT2D eigenvalue weighted by atomic mass is 19.3. The third-order valence-corrected chi connectivity index (χ3v) is 4.16. The summed E-state index contributed by atoms with van der Waals surface area (Å²) in [6, 6.07) is 10.2. The summed E-state index contributed by atoms with van der Waals surface area (Å²) >= 11 is 0. The Balaban J connectivity index is 1.56. The Morgan fingerprint density at radius 1 is 1.33 bits per heavy atom. The van der Waals surface area contributed by atoms with E-state index in [-0.39, 0.29) is 0 Å². The molecule has 7 heteroatoms. The van der Waals surface area contributed by atoms with Gasteiger partial charge < -0.3 is 15.3 Å². The molecule has 1 fully saturated rings. The Kier molecular flexibility index (Phi) is 4.62. The zero-order chi connectivity index (χ0) is 17.2. The van der Waals surface area contributed by atoms with Gasteiger partial charge in [0.15, 0.2) is 0 Å². The van der Waals surface area contributed by atoms with Crippen LogP contribution in [0.2, 0.25) is 0 Å². The fraction of sp³-hybridized carbons (Fsp3) is 0.412. The van der Waals surface area contributed by atoms with E-state index in [1.54, 1.807) is 0 Å². The Labute approximate surface area is 138 Å². The number of urea groups is 1. The number of fused-ring (bicyclic) bond motifs is 1. The molecule has 1 saturated heterocycles. The van der Waals surface area contributed by atoms with Gasteiger partial charge in [0.05, 0.1) is 24.7 Å². The van der Waals surface area contributed by atoms with Crippen molar-refractivity contribution in [2.45, 2.75) is 24.8 Å². The molecule has 128 valence electrons. The molecule has 24 heavy (non-hydrogen) atoms. The zero-order valence-electron chi connectivity index (χ0n) is 13.1. The van der Waals surface area contributed by atoms with Crippen LogP contribution in [0.25, 0.3) is 10.9 Å². The largest absolute Gasteiger partial charge is 0.394 e. The number of nitrogens with one attached hydrogen (secondary N) is 1. The smallest absolute Gasteiger partial charge is 0.317 e. The van der Waals surface area contributed by atoms with Crippen molar-refractivity contribution >= 4 is 16.9 Å². The molecule has 5 nitrogen and oxygen atoms in total. The number of amides is 2. The van der Waals surface area contributed by atoms with Gasteiger partial charge in [-0.15, -0.1) is 0 Å². The van der Waals surface area contributed by atoms with Gasteiger partial charge in [-0.2, -0.15) is 0 Å². The summed E-state index contributed by atoms with van der Waals surface area (Å²) < 4.78 is 26.8. The van der Waals surface area contributed by atoms with Crippen LogP contribution in [0, 0.1) is 0 Å². The number of hydrogen-bond acceptors (Lipinski definition) is 3. The van der Waals surface area contributed by atoms with Crippen LogP contribution in [0.3, 0.4) is 0 Å². The number of rotatable bonds is 4. The zero-order valence-corrected chi connectivity index (χ0v) is 13.1. The fourth-order valence-electron chi connectivity index (χ4n) is 2.95.